The van der Waals surface area contributed by atoms with E-state index >= 15 is 0 Å². The molecule has 2 aliphatic rings. The number of fused-ring (bicyclic) bond motifs is 2. The lowest BCUT2D eigenvalue weighted by Gasteiger charge is -2.35. The molecule has 0 radical (unpaired) electrons. The van der Waals surface area contributed by atoms with Crippen molar-refractivity contribution in [2.45, 2.75) is 18.0 Å². The lowest BCUT2D eigenvalue weighted by molar-refractivity contribution is -0.360. The number of aliphatic hydroxyl groups is 4. The summed E-state index contributed by atoms with van der Waals surface area (Å²) in [6.45, 7) is 0. The molecule has 11 heavy (non-hydrogen) atoms. The second-order valence-corrected chi connectivity index (χ2v) is 3.29. The molecule has 62 valence electrons. The van der Waals surface area contributed by atoms with Crippen LogP contribution in [0.2, 0.25) is 0 Å². The summed E-state index contributed by atoms with van der Waals surface area (Å²) in [6.07, 6.45) is 3.62. The molecule has 1 saturated carbocycles. The molecule has 0 aromatic carbocycles. The molecular formula is C7H10O4. The van der Waals surface area contributed by atoms with Crippen molar-refractivity contribution in [1.29, 1.82) is 0 Å². The van der Waals surface area contributed by atoms with Crippen LogP contribution in [0.1, 0.15) is 6.42 Å². The van der Waals surface area contributed by atoms with Gasteiger partial charge in [0.05, 0.1) is 0 Å². The molecule has 0 aromatic rings. The van der Waals surface area contributed by atoms with E-state index in [-0.39, 0.29) is 0 Å². The van der Waals surface area contributed by atoms with Crippen molar-refractivity contribution in [2.24, 2.45) is 11.8 Å². The smallest absolute Gasteiger partial charge is 0.225 e. The SMILES string of the molecule is OC1(O)C2C=CC(C2)C1(O)O. The average Bonchev–Trinajstić information content (AvgIpc) is 2.37. The first-order valence-corrected chi connectivity index (χ1v) is 3.54. The highest BCUT2D eigenvalue weighted by Gasteiger charge is 2.64. The third kappa shape index (κ3) is 0.629. The van der Waals surface area contributed by atoms with Crippen LogP contribution in [-0.4, -0.2) is 32.0 Å². The van der Waals surface area contributed by atoms with Gasteiger partial charge in [-0.3, -0.25) is 0 Å². The monoisotopic (exact) mass is 158 g/mol. The lowest BCUT2D eigenvalue weighted by atomic mass is 9.94. The molecule has 2 atom stereocenters. The molecule has 0 spiro atoms. The highest BCUT2D eigenvalue weighted by molar-refractivity contribution is 5.20. The molecule has 2 unspecified atom stereocenters. The van der Waals surface area contributed by atoms with Gasteiger partial charge in [0, 0.05) is 11.8 Å². The molecule has 0 heterocycles. The molecule has 4 nitrogen and oxygen atoms in total. The van der Waals surface area contributed by atoms with Crippen LogP contribution in [0, 0.1) is 11.8 Å². The van der Waals surface area contributed by atoms with E-state index < -0.39 is 23.4 Å². The Bertz CT molecular complexity index is 196. The van der Waals surface area contributed by atoms with Gasteiger partial charge in [0.2, 0.25) is 11.6 Å². The summed E-state index contributed by atoms with van der Waals surface area (Å²) >= 11 is 0. The number of hydrogen-bond donors (Lipinski definition) is 4. The largest absolute Gasteiger partial charge is 0.361 e. The van der Waals surface area contributed by atoms with Gasteiger partial charge in [-0.2, -0.15) is 0 Å². The Kier molecular flexibility index (Phi) is 1.10. The van der Waals surface area contributed by atoms with Crippen molar-refractivity contribution in [2.75, 3.05) is 0 Å². The van der Waals surface area contributed by atoms with Crippen molar-refractivity contribution in [3.8, 4) is 0 Å². The third-order valence-electron chi connectivity index (χ3n) is 2.66. The first-order chi connectivity index (χ1) is 4.96. The van der Waals surface area contributed by atoms with Crippen LogP contribution in [0.4, 0.5) is 0 Å². The van der Waals surface area contributed by atoms with Gasteiger partial charge in [-0.15, -0.1) is 0 Å². The zero-order chi connectivity index (χ0) is 8.28. The fourth-order valence-electron chi connectivity index (χ4n) is 1.84. The molecule has 0 amide bonds. The maximum absolute atomic E-state index is 9.22. The van der Waals surface area contributed by atoms with Gasteiger partial charge >= 0.3 is 0 Å². The summed E-state index contributed by atoms with van der Waals surface area (Å²) < 4.78 is 0. The van der Waals surface area contributed by atoms with Crippen molar-refractivity contribution >= 4 is 0 Å². The fraction of sp³-hybridized carbons (Fsp3) is 0.714. The molecule has 2 aliphatic carbocycles. The normalized spacial score (nSPS) is 43.3. The van der Waals surface area contributed by atoms with Crippen molar-refractivity contribution in [1.82, 2.24) is 0 Å². The Morgan fingerprint density at radius 2 is 1.27 bits per heavy atom. The maximum Gasteiger partial charge on any atom is 0.225 e. The predicted octanol–water partition coefficient (Wildman–Crippen LogP) is -1.45. The van der Waals surface area contributed by atoms with Crippen LogP contribution in [0.5, 0.6) is 0 Å². The van der Waals surface area contributed by atoms with Gasteiger partial charge in [0.15, 0.2) is 0 Å². The van der Waals surface area contributed by atoms with Gasteiger partial charge in [0.25, 0.3) is 0 Å². The summed E-state index contributed by atoms with van der Waals surface area (Å²) in [4.78, 5) is 0. The molecule has 0 aromatic heterocycles. The summed E-state index contributed by atoms with van der Waals surface area (Å²) in [7, 11) is 0. The second-order valence-electron chi connectivity index (χ2n) is 3.29. The topological polar surface area (TPSA) is 80.9 Å². The van der Waals surface area contributed by atoms with Gasteiger partial charge < -0.3 is 20.4 Å². The van der Waals surface area contributed by atoms with Crippen LogP contribution >= 0.6 is 0 Å². The van der Waals surface area contributed by atoms with Crippen LogP contribution < -0.4 is 0 Å². The van der Waals surface area contributed by atoms with Crippen molar-refractivity contribution in [3.63, 3.8) is 0 Å². The van der Waals surface area contributed by atoms with E-state index in [1.807, 2.05) is 0 Å². The second kappa shape index (κ2) is 1.67. The highest BCUT2D eigenvalue weighted by Crippen LogP contribution is 2.50. The summed E-state index contributed by atoms with van der Waals surface area (Å²) in [5.74, 6) is -5.82. The molecule has 0 saturated heterocycles. The number of rotatable bonds is 0. The molecule has 2 bridgehead atoms. The third-order valence-corrected chi connectivity index (χ3v) is 2.66. The van der Waals surface area contributed by atoms with E-state index in [1.54, 1.807) is 12.2 Å². The van der Waals surface area contributed by atoms with E-state index in [0.717, 1.165) is 0 Å². The molecule has 4 N–H and O–H groups in total. The first kappa shape index (κ1) is 7.24. The average molecular weight is 158 g/mol. The Balaban J connectivity index is 2.45. The number of hydrogen-bond acceptors (Lipinski definition) is 4. The zero-order valence-corrected chi connectivity index (χ0v) is 5.81. The van der Waals surface area contributed by atoms with E-state index in [4.69, 9.17) is 0 Å². The predicted molar refractivity (Wildman–Crippen MR) is 35.1 cm³/mol. The van der Waals surface area contributed by atoms with Crippen LogP contribution in [0.15, 0.2) is 12.2 Å². The van der Waals surface area contributed by atoms with E-state index in [9.17, 15) is 20.4 Å². The Hall–Kier alpha value is -0.420. The molecule has 4 heteroatoms. The highest BCUT2D eigenvalue weighted by atomic mass is 16.6. The minimum Gasteiger partial charge on any atom is -0.361 e. The van der Waals surface area contributed by atoms with Crippen molar-refractivity contribution < 1.29 is 20.4 Å². The van der Waals surface area contributed by atoms with Gasteiger partial charge in [-0.1, -0.05) is 12.2 Å². The maximum atomic E-state index is 9.22. The van der Waals surface area contributed by atoms with Gasteiger partial charge in [0.1, 0.15) is 0 Å². The summed E-state index contributed by atoms with van der Waals surface area (Å²) in [5.41, 5.74) is 0. The van der Waals surface area contributed by atoms with E-state index in [0.29, 0.717) is 6.42 Å². The fourth-order valence-corrected chi connectivity index (χ4v) is 1.84. The van der Waals surface area contributed by atoms with Crippen LogP contribution in [0.3, 0.4) is 0 Å². The summed E-state index contributed by atoms with van der Waals surface area (Å²) in [5, 5.41) is 36.9. The van der Waals surface area contributed by atoms with E-state index in [1.165, 1.54) is 0 Å². The van der Waals surface area contributed by atoms with E-state index in [2.05, 4.69) is 0 Å². The quantitative estimate of drug-likeness (QED) is 0.257. The molecular weight excluding hydrogens is 148 g/mol. The Morgan fingerprint density at radius 1 is 0.909 bits per heavy atom. The summed E-state index contributed by atoms with van der Waals surface area (Å²) in [6, 6.07) is 0. The standard InChI is InChI=1S/C7H10O4/c8-6(9)4-1-2-5(3-4)7(6,10)11/h1-2,4-5,8-11H,3H2. The van der Waals surface area contributed by atoms with Gasteiger partial charge in [-0.25, -0.2) is 0 Å². The first-order valence-electron chi connectivity index (χ1n) is 3.54. The van der Waals surface area contributed by atoms with Crippen LogP contribution in [0.25, 0.3) is 0 Å². The minimum atomic E-state index is -2.37. The lowest BCUT2D eigenvalue weighted by Crippen LogP contribution is -2.57. The molecule has 2 rings (SSSR count). The van der Waals surface area contributed by atoms with Gasteiger partial charge in [-0.05, 0) is 6.42 Å². The molecule has 1 fully saturated rings. The van der Waals surface area contributed by atoms with Crippen molar-refractivity contribution in [3.05, 3.63) is 12.2 Å². The van der Waals surface area contributed by atoms with Crippen LogP contribution in [-0.2, 0) is 0 Å². The zero-order valence-electron chi connectivity index (χ0n) is 5.81. The Labute approximate surface area is 63.4 Å². The Morgan fingerprint density at radius 3 is 1.45 bits per heavy atom. The minimum absolute atomic E-state index is 0.403. The molecule has 0 aliphatic heterocycles.